The van der Waals surface area contributed by atoms with Gasteiger partial charge in [0.15, 0.2) is 0 Å². The van der Waals surface area contributed by atoms with E-state index in [-0.39, 0.29) is 0 Å². The van der Waals surface area contributed by atoms with Crippen LogP contribution in [-0.4, -0.2) is 50.3 Å². The quantitative estimate of drug-likeness (QED) is 0.727. The van der Waals surface area contributed by atoms with E-state index < -0.39 is 0 Å². The standard InChI is InChI=1S/C17H34N2O/c1-5-6-11-20-16-12-15(17(16,2)3)19(4)13-14-7-9-18-10-8-14/h14-16,18H,5-13H2,1-4H3. The zero-order valence-electron chi connectivity index (χ0n) is 14.0. The van der Waals surface area contributed by atoms with Gasteiger partial charge in [-0.3, -0.25) is 0 Å². The lowest BCUT2D eigenvalue weighted by atomic mass is 9.63. The molecule has 0 aromatic heterocycles. The number of ether oxygens (including phenoxy) is 1. The molecule has 0 aromatic rings. The van der Waals surface area contributed by atoms with Crippen molar-refractivity contribution in [2.24, 2.45) is 11.3 Å². The lowest BCUT2D eigenvalue weighted by Gasteiger charge is -2.55. The van der Waals surface area contributed by atoms with Crippen molar-refractivity contribution in [1.82, 2.24) is 10.2 Å². The first-order valence-electron chi connectivity index (χ1n) is 8.58. The van der Waals surface area contributed by atoms with Gasteiger partial charge in [-0.1, -0.05) is 27.2 Å². The molecule has 1 aliphatic carbocycles. The number of hydrogen-bond donors (Lipinski definition) is 1. The minimum Gasteiger partial charge on any atom is -0.378 e. The van der Waals surface area contributed by atoms with Crippen LogP contribution in [0.15, 0.2) is 0 Å². The number of nitrogens with one attached hydrogen (secondary N) is 1. The molecule has 0 spiro atoms. The van der Waals surface area contributed by atoms with E-state index in [0.29, 0.717) is 17.6 Å². The van der Waals surface area contributed by atoms with E-state index in [0.717, 1.165) is 12.5 Å². The van der Waals surface area contributed by atoms with Crippen LogP contribution >= 0.6 is 0 Å². The molecule has 1 saturated carbocycles. The van der Waals surface area contributed by atoms with Crippen LogP contribution in [0.1, 0.15) is 52.9 Å². The summed E-state index contributed by atoms with van der Waals surface area (Å²) in [5.74, 6) is 0.886. The normalized spacial score (nSPS) is 30.4. The lowest BCUT2D eigenvalue weighted by Crippen LogP contribution is -2.62. The molecule has 2 fully saturated rings. The van der Waals surface area contributed by atoms with E-state index >= 15 is 0 Å². The first-order chi connectivity index (χ1) is 9.55. The Morgan fingerprint density at radius 1 is 1.25 bits per heavy atom. The summed E-state index contributed by atoms with van der Waals surface area (Å²) in [6.45, 7) is 11.6. The second kappa shape index (κ2) is 7.24. The van der Waals surface area contributed by atoms with Gasteiger partial charge in [-0.2, -0.15) is 0 Å². The fourth-order valence-electron chi connectivity index (χ4n) is 3.86. The molecule has 2 rings (SSSR count). The van der Waals surface area contributed by atoms with Crippen LogP contribution < -0.4 is 5.32 Å². The van der Waals surface area contributed by atoms with Gasteiger partial charge >= 0.3 is 0 Å². The van der Waals surface area contributed by atoms with E-state index in [9.17, 15) is 0 Å². The van der Waals surface area contributed by atoms with Crippen molar-refractivity contribution in [3.8, 4) is 0 Å². The Morgan fingerprint density at radius 3 is 2.55 bits per heavy atom. The van der Waals surface area contributed by atoms with Crippen molar-refractivity contribution in [2.45, 2.75) is 65.0 Å². The lowest BCUT2D eigenvalue weighted by molar-refractivity contribution is -0.150. The summed E-state index contributed by atoms with van der Waals surface area (Å²) < 4.78 is 6.07. The number of rotatable bonds is 7. The molecule has 3 nitrogen and oxygen atoms in total. The fraction of sp³-hybridized carbons (Fsp3) is 1.00. The highest BCUT2D eigenvalue weighted by atomic mass is 16.5. The summed E-state index contributed by atoms with van der Waals surface area (Å²) in [6, 6.07) is 0.698. The SMILES string of the molecule is CCCCOC1CC(N(C)CC2CCNCC2)C1(C)C. The second-order valence-electron chi connectivity index (χ2n) is 7.42. The Kier molecular flexibility index (Phi) is 5.88. The van der Waals surface area contributed by atoms with Crippen LogP contribution in [0, 0.1) is 11.3 Å². The Labute approximate surface area is 125 Å². The number of piperidine rings is 1. The number of nitrogens with zero attached hydrogens (tertiary/aromatic N) is 1. The van der Waals surface area contributed by atoms with E-state index in [1.54, 1.807) is 0 Å². The van der Waals surface area contributed by atoms with Crippen molar-refractivity contribution >= 4 is 0 Å². The molecule has 3 heteroatoms. The molecule has 1 aliphatic heterocycles. The first-order valence-corrected chi connectivity index (χ1v) is 8.58. The predicted octanol–water partition coefficient (Wildman–Crippen LogP) is 2.90. The summed E-state index contributed by atoms with van der Waals surface area (Å²) in [6.07, 6.45) is 6.79. The summed E-state index contributed by atoms with van der Waals surface area (Å²) >= 11 is 0. The van der Waals surface area contributed by atoms with Gasteiger partial charge in [-0.05, 0) is 51.7 Å². The van der Waals surface area contributed by atoms with Crippen LogP contribution in [0.2, 0.25) is 0 Å². The highest BCUT2D eigenvalue weighted by Crippen LogP contribution is 2.45. The average Bonchev–Trinajstić information content (AvgIpc) is 2.43. The van der Waals surface area contributed by atoms with Gasteiger partial charge in [0.1, 0.15) is 0 Å². The molecule has 1 heterocycles. The third-order valence-corrected chi connectivity index (χ3v) is 5.48. The Morgan fingerprint density at radius 2 is 1.95 bits per heavy atom. The van der Waals surface area contributed by atoms with Gasteiger partial charge in [0, 0.05) is 24.6 Å². The first kappa shape index (κ1) is 16.3. The van der Waals surface area contributed by atoms with Gasteiger partial charge in [0.2, 0.25) is 0 Å². The molecule has 1 N–H and O–H groups in total. The van der Waals surface area contributed by atoms with Crippen LogP contribution in [0.3, 0.4) is 0 Å². The third kappa shape index (κ3) is 3.75. The summed E-state index contributed by atoms with van der Waals surface area (Å²) in [4.78, 5) is 2.61. The van der Waals surface area contributed by atoms with Crippen molar-refractivity contribution in [1.29, 1.82) is 0 Å². The van der Waals surface area contributed by atoms with Crippen molar-refractivity contribution in [2.75, 3.05) is 33.3 Å². The van der Waals surface area contributed by atoms with Crippen molar-refractivity contribution in [3.63, 3.8) is 0 Å². The molecule has 0 radical (unpaired) electrons. The van der Waals surface area contributed by atoms with Crippen LogP contribution in [0.4, 0.5) is 0 Å². The number of hydrogen-bond acceptors (Lipinski definition) is 3. The minimum absolute atomic E-state index is 0.315. The van der Waals surface area contributed by atoms with Gasteiger partial charge in [-0.25, -0.2) is 0 Å². The van der Waals surface area contributed by atoms with E-state index in [1.807, 2.05) is 0 Å². The van der Waals surface area contributed by atoms with Crippen LogP contribution in [0.5, 0.6) is 0 Å². The topological polar surface area (TPSA) is 24.5 Å². The zero-order valence-corrected chi connectivity index (χ0v) is 14.0. The molecule has 0 aromatic carbocycles. The maximum Gasteiger partial charge on any atom is 0.0656 e. The largest absolute Gasteiger partial charge is 0.378 e. The molecule has 20 heavy (non-hydrogen) atoms. The van der Waals surface area contributed by atoms with Gasteiger partial charge < -0.3 is 15.0 Å². The average molecular weight is 282 g/mol. The molecular formula is C17H34N2O. The smallest absolute Gasteiger partial charge is 0.0656 e. The molecule has 2 unspecified atom stereocenters. The Balaban J connectivity index is 1.75. The fourth-order valence-corrected chi connectivity index (χ4v) is 3.86. The summed E-state index contributed by atoms with van der Waals surface area (Å²) in [7, 11) is 2.32. The second-order valence-corrected chi connectivity index (χ2v) is 7.42. The molecule has 2 atom stereocenters. The monoisotopic (exact) mass is 282 g/mol. The van der Waals surface area contributed by atoms with E-state index in [2.05, 4.69) is 38.0 Å². The van der Waals surface area contributed by atoms with E-state index in [4.69, 9.17) is 4.74 Å². The highest BCUT2D eigenvalue weighted by molar-refractivity contribution is 5.03. The highest BCUT2D eigenvalue weighted by Gasteiger charge is 2.50. The van der Waals surface area contributed by atoms with Crippen molar-refractivity contribution < 1.29 is 4.74 Å². The zero-order chi connectivity index (χ0) is 14.6. The van der Waals surface area contributed by atoms with E-state index in [1.165, 1.54) is 51.7 Å². The third-order valence-electron chi connectivity index (χ3n) is 5.48. The van der Waals surface area contributed by atoms with Crippen LogP contribution in [-0.2, 0) is 4.74 Å². The maximum absolute atomic E-state index is 6.07. The predicted molar refractivity (Wildman–Crippen MR) is 85.1 cm³/mol. The molecular weight excluding hydrogens is 248 g/mol. The molecule has 2 aliphatic rings. The molecule has 0 bridgehead atoms. The minimum atomic E-state index is 0.315. The Bertz CT molecular complexity index is 287. The van der Waals surface area contributed by atoms with Crippen LogP contribution in [0.25, 0.3) is 0 Å². The number of unbranched alkanes of at least 4 members (excludes halogenated alkanes) is 1. The maximum atomic E-state index is 6.07. The molecule has 0 amide bonds. The Hall–Kier alpha value is -0.120. The summed E-state index contributed by atoms with van der Waals surface area (Å²) in [5, 5.41) is 3.46. The molecule has 118 valence electrons. The van der Waals surface area contributed by atoms with Gasteiger partial charge in [-0.15, -0.1) is 0 Å². The van der Waals surface area contributed by atoms with Gasteiger partial charge in [0.05, 0.1) is 6.10 Å². The van der Waals surface area contributed by atoms with Crippen molar-refractivity contribution in [3.05, 3.63) is 0 Å². The summed E-state index contributed by atoms with van der Waals surface area (Å²) in [5.41, 5.74) is 0.315. The molecule has 1 saturated heterocycles. The van der Waals surface area contributed by atoms with Gasteiger partial charge in [0.25, 0.3) is 0 Å².